The molecule has 1 aromatic heterocycles. The lowest BCUT2D eigenvalue weighted by Crippen LogP contribution is -2.05. The number of nitrogens with two attached hydrogens (primary N) is 1. The number of sulfone groups is 1. The van der Waals surface area contributed by atoms with Gasteiger partial charge in [0.1, 0.15) is 0 Å². The number of hydrogen-bond acceptors (Lipinski definition) is 6. The Morgan fingerprint density at radius 1 is 1.56 bits per heavy atom. The quantitative estimate of drug-likeness (QED) is 0.852. The number of rotatable bonds is 5. The van der Waals surface area contributed by atoms with Crippen molar-refractivity contribution in [3.63, 3.8) is 0 Å². The van der Waals surface area contributed by atoms with E-state index in [1.807, 2.05) is 6.92 Å². The summed E-state index contributed by atoms with van der Waals surface area (Å²) in [5.74, 6) is 1.56. The van der Waals surface area contributed by atoms with E-state index in [0.717, 1.165) is 12.8 Å². The Hall–Kier alpha value is -0.950. The van der Waals surface area contributed by atoms with Gasteiger partial charge in [0, 0.05) is 11.8 Å². The van der Waals surface area contributed by atoms with Gasteiger partial charge in [-0.2, -0.15) is 4.98 Å². The summed E-state index contributed by atoms with van der Waals surface area (Å²) < 4.78 is 28.0. The zero-order valence-electron chi connectivity index (χ0n) is 10.5. The molecule has 1 aromatic rings. The molecule has 0 spiro atoms. The molecule has 2 N–H and O–H groups in total. The fourth-order valence-corrected chi connectivity index (χ4v) is 3.90. The average Bonchev–Trinajstić information content (AvgIpc) is 2.92. The molecule has 1 saturated heterocycles. The third-order valence-corrected chi connectivity index (χ3v) is 5.09. The molecule has 1 aliphatic heterocycles. The number of nitrogens with zero attached hydrogens (tertiary/aromatic N) is 2. The van der Waals surface area contributed by atoms with Crippen LogP contribution in [-0.2, 0) is 9.84 Å². The van der Waals surface area contributed by atoms with E-state index in [4.69, 9.17) is 10.3 Å². The molecule has 2 atom stereocenters. The SMILES string of the molecule is CC(CCCN)c1nc(C2CCS(=O)(=O)C2)no1. The van der Waals surface area contributed by atoms with Gasteiger partial charge in [0.2, 0.25) is 5.89 Å². The Balaban J connectivity index is 2.02. The smallest absolute Gasteiger partial charge is 0.229 e. The summed E-state index contributed by atoms with van der Waals surface area (Å²) in [5.41, 5.74) is 5.46. The summed E-state index contributed by atoms with van der Waals surface area (Å²) in [6.07, 6.45) is 2.41. The van der Waals surface area contributed by atoms with E-state index < -0.39 is 9.84 Å². The zero-order chi connectivity index (χ0) is 13.2. The van der Waals surface area contributed by atoms with Gasteiger partial charge < -0.3 is 10.3 Å². The predicted molar refractivity (Wildman–Crippen MR) is 67.0 cm³/mol. The third-order valence-electron chi connectivity index (χ3n) is 3.32. The molecule has 7 heteroatoms. The molecule has 6 nitrogen and oxygen atoms in total. The van der Waals surface area contributed by atoms with Crippen molar-refractivity contribution in [2.45, 2.75) is 38.0 Å². The molecule has 0 radical (unpaired) electrons. The van der Waals surface area contributed by atoms with E-state index in [0.29, 0.717) is 24.7 Å². The van der Waals surface area contributed by atoms with Crippen LogP contribution in [0.2, 0.25) is 0 Å². The van der Waals surface area contributed by atoms with Crippen LogP contribution >= 0.6 is 0 Å². The van der Waals surface area contributed by atoms with Crippen LogP contribution < -0.4 is 5.73 Å². The topological polar surface area (TPSA) is 99.1 Å². The molecular formula is C11H19N3O3S. The summed E-state index contributed by atoms with van der Waals surface area (Å²) in [6, 6.07) is 0. The fourth-order valence-electron chi connectivity index (χ4n) is 2.16. The molecule has 0 aliphatic carbocycles. The first-order valence-electron chi connectivity index (χ1n) is 6.26. The van der Waals surface area contributed by atoms with Crippen LogP contribution in [0.1, 0.15) is 49.7 Å². The van der Waals surface area contributed by atoms with Crippen molar-refractivity contribution in [1.82, 2.24) is 10.1 Å². The van der Waals surface area contributed by atoms with Gasteiger partial charge in [0.05, 0.1) is 11.5 Å². The van der Waals surface area contributed by atoms with E-state index in [2.05, 4.69) is 10.1 Å². The summed E-state index contributed by atoms with van der Waals surface area (Å²) in [5, 5.41) is 3.91. The van der Waals surface area contributed by atoms with Crippen molar-refractivity contribution in [3.8, 4) is 0 Å². The highest BCUT2D eigenvalue weighted by atomic mass is 32.2. The van der Waals surface area contributed by atoms with Crippen LogP contribution in [0.3, 0.4) is 0 Å². The molecule has 102 valence electrons. The largest absolute Gasteiger partial charge is 0.339 e. The summed E-state index contributed by atoms with van der Waals surface area (Å²) in [6.45, 7) is 2.66. The lowest BCUT2D eigenvalue weighted by atomic mass is 10.1. The minimum atomic E-state index is -2.91. The van der Waals surface area contributed by atoms with Gasteiger partial charge in [-0.05, 0) is 25.8 Å². The van der Waals surface area contributed by atoms with Gasteiger partial charge in [-0.1, -0.05) is 12.1 Å². The third kappa shape index (κ3) is 3.08. The summed E-state index contributed by atoms with van der Waals surface area (Å²) >= 11 is 0. The molecule has 0 bridgehead atoms. The summed E-state index contributed by atoms with van der Waals surface area (Å²) in [7, 11) is -2.91. The van der Waals surface area contributed by atoms with E-state index in [1.165, 1.54) is 0 Å². The standard InChI is InChI=1S/C11H19N3O3S/c1-8(3-2-5-12)11-13-10(14-17-11)9-4-6-18(15,16)7-9/h8-9H,2-7,12H2,1H3. The van der Waals surface area contributed by atoms with Crippen LogP contribution in [0.4, 0.5) is 0 Å². The first kappa shape index (κ1) is 13.5. The zero-order valence-corrected chi connectivity index (χ0v) is 11.3. The Bertz CT molecular complexity index is 497. The van der Waals surface area contributed by atoms with Gasteiger partial charge >= 0.3 is 0 Å². The van der Waals surface area contributed by atoms with E-state index in [9.17, 15) is 8.42 Å². The Labute approximate surface area is 107 Å². The van der Waals surface area contributed by atoms with Crippen LogP contribution in [-0.4, -0.2) is 36.6 Å². The predicted octanol–water partition coefficient (Wildman–Crippen LogP) is 0.814. The van der Waals surface area contributed by atoms with E-state index in [1.54, 1.807) is 0 Å². The second-order valence-corrected chi connectivity index (χ2v) is 7.15. The highest BCUT2D eigenvalue weighted by Crippen LogP contribution is 2.28. The lowest BCUT2D eigenvalue weighted by Gasteiger charge is -2.03. The lowest BCUT2D eigenvalue weighted by molar-refractivity contribution is 0.346. The average molecular weight is 273 g/mol. The second-order valence-electron chi connectivity index (χ2n) is 4.92. The van der Waals surface area contributed by atoms with Crippen LogP contribution in [0, 0.1) is 0 Å². The number of aromatic nitrogens is 2. The van der Waals surface area contributed by atoms with Crippen molar-refractivity contribution < 1.29 is 12.9 Å². The first-order chi connectivity index (χ1) is 8.52. The first-order valence-corrected chi connectivity index (χ1v) is 8.08. The van der Waals surface area contributed by atoms with Gasteiger partial charge in [0.15, 0.2) is 15.7 Å². The highest BCUT2D eigenvalue weighted by Gasteiger charge is 2.32. The Kier molecular flexibility index (Phi) is 4.01. The molecular weight excluding hydrogens is 254 g/mol. The molecule has 0 aromatic carbocycles. The van der Waals surface area contributed by atoms with Crippen LogP contribution in [0.5, 0.6) is 0 Å². The molecule has 2 heterocycles. The maximum Gasteiger partial charge on any atom is 0.229 e. The monoisotopic (exact) mass is 273 g/mol. The van der Waals surface area contributed by atoms with Crippen LogP contribution in [0.15, 0.2) is 4.52 Å². The molecule has 2 unspecified atom stereocenters. The van der Waals surface area contributed by atoms with Gasteiger partial charge in [-0.3, -0.25) is 0 Å². The van der Waals surface area contributed by atoms with Crippen molar-refractivity contribution in [3.05, 3.63) is 11.7 Å². The minimum absolute atomic E-state index is 0.103. The number of hydrogen-bond donors (Lipinski definition) is 1. The molecule has 2 rings (SSSR count). The maximum absolute atomic E-state index is 11.4. The van der Waals surface area contributed by atoms with Gasteiger partial charge in [-0.25, -0.2) is 8.42 Å². The molecule has 1 fully saturated rings. The van der Waals surface area contributed by atoms with Gasteiger partial charge in [-0.15, -0.1) is 0 Å². The molecule has 0 saturated carbocycles. The second kappa shape index (κ2) is 5.36. The van der Waals surface area contributed by atoms with E-state index >= 15 is 0 Å². The van der Waals surface area contributed by atoms with Crippen molar-refractivity contribution >= 4 is 9.84 Å². The minimum Gasteiger partial charge on any atom is -0.339 e. The van der Waals surface area contributed by atoms with Crippen molar-refractivity contribution in [2.24, 2.45) is 5.73 Å². The molecule has 18 heavy (non-hydrogen) atoms. The normalized spacial score (nSPS) is 24.2. The Morgan fingerprint density at radius 3 is 2.94 bits per heavy atom. The van der Waals surface area contributed by atoms with Gasteiger partial charge in [0.25, 0.3) is 0 Å². The van der Waals surface area contributed by atoms with Crippen LogP contribution in [0.25, 0.3) is 0 Å². The highest BCUT2D eigenvalue weighted by molar-refractivity contribution is 7.91. The molecule has 0 amide bonds. The van der Waals surface area contributed by atoms with Crippen molar-refractivity contribution in [1.29, 1.82) is 0 Å². The molecule has 1 aliphatic rings. The van der Waals surface area contributed by atoms with Crippen molar-refractivity contribution in [2.75, 3.05) is 18.1 Å². The summed E-state index contributed by atoms with van der Waals surface area (Å²) in [4.78, 5) is 4.33. The van der Waals surface area contributed by atoms with E-state index in [-0.39, 0.29) is 23.3 Å². The Morgan fingerprint density at radius 2 is 2.33 bits per heavy atom. The fraction of sp³-hybridized carbons (Fsp3) is 0.818. The maximum atomic E-state index is 11.4.